The highest BCUT2D eigenvalue weighted by molar-refractivity contribution is 5.81. The number of aromatic nitrogens is 2. The molecule has 3 rings (SSSR count). The van der Waals surface area contributed by atoms with Gasteiger partial charge in [-0.2, -0.15) is 5.10 Å². The molecule has 21 heavy (non-hydrogen) atoms. The molecule has 0 bridgehead atoms. The molecule has 0 radical (unpaired) electrons. The van der Waals surface area contributed by atoms with Crippen molar-refractivity contribution in [2.24, 2.45) is 0 Å². The number of fused-ring (bicyclic) bond motifs is 1. The fraction of sp³-hybridized carbons (Fsp3) is 0.188. The van der Waals surface area contributed by atoms with E-state index in [2.05, 4.69) is 22.4 Å². The van der Waals surface area contributed by atoms with Gasteiger partial charge in [0.1, 0.15) is 0 Å². The number of ether oxygens (including phenoxy) is 1. The van der Waals surface area contributed by atoms with E-state index in [1.165, 1.54) is 0 Å². The minimum absolute atomic E-state index is 0.0869. The second-order valence-electron chi connectivity index (χ2n) is 4.97. The molecular weight excluding hydrogens is 266 g/mol. The van der Waals surface area contributed by atoms with E-state index in [1.807, 2.05) is 30.3 Å². The molecule has 3 N–H and O–H groups in total. The molecule has 3 aromatic rings. The van der Waals surface area contributed by atoms with Crippen molar-refractivity contribution in [1.29, 1.82) is 0 Å². The molecule has 5 nitrogen and oxygen atoms in total. The minimum atomic E-state index is 0.0869. The Morgan fingerprint density at radius 2 is 2.10 bits per heavy atom. The number of methoxy groups -OCH3 is 1. The fourth-order valence-corrected chi connectivity index (χ4v) is 2.33. The van der Waals surface area contributed by atoms with Crippen molar-refractivity contribution in [1.82, 2.24) is 10.2 Å². The van der Waals surface area contributed by atoms with E-state index in [4.69, 9.17) is 4.74 Å². The zero-order chi connectivity index (χ0) is 14.8. The van der Waals surface area contributed by atoms with Gasteiger partial charge in [0.2, 0.25) is 0 Å². The number of H-pyrrole nitrogens is 1. The van der Waals surface area contributed by atoms with Crippen LogP contribution < -0.4 is 10.1 Å². The molecule has 0 fully saturated rings. The van der Waals surface area contributed by atoms with Gasteiger partial charge in [-0.1, -0.05) is 6.07 Å². The van der Waals surface area contributed by atoms with Crippen LogP contribution in [0.4, 0.5) is 5.69 Å². The third-order valence-corrected chi connectivity index (χ3v) is 3.53. The summed E-state index contributed by atoms with van der Waals surface area (Å²) in [6, 6.07) is 11.5. The summed E-state index contributed by atoms with van der Waals surface area (Å²) in [7, 11) is 1.55. The minimum Gasteiger partial charge on any atom is -0.504 e. The number of hydrogen-bond donors (Lipinski definition) is 3. The smallest absolute Gasteiger partial charge is 0.160 e. The van der Waals surface area contributed by atoms with Crippen LogP contribution in [-0.4, -0.2) is 22.4 Å². The van der Waals surface area contributed by atoms with Crippen LogP contribution >= 0.6 is 0 Å². The van der Waals surface area contributed by atoms with Gasteiger partial charge in [-0.15, -0.1) is 0 Å². The molecule has 0 aliphatic heterocycles. The van der Waals surface area contributed by atoms with Crippen molar-refractivity contribution in [2.45, 2.75) is 13.0 Å². The number of aromatic amines is 1. The molecule has 0 amide bonds. The highest BCUT2D eigenvalue weighted by atomic mass is 16.5. The molecule has 108 valence electrons. The van der Waals surface area contributed by atoms with Gasteiger partial charge >= 0.3 is 0 Å². The average Bonchev–Trinajstić information content (AvgIpc) is 2.95. The summed E-state index contributed by atoms with van der Waals surface area (Å²) < 4.78 is 5.14. The number of aromatic hydroxyl groups is 1. The largest absolute Gasteiger partial charge is 0.504 e. The van der Waals surface area contributed by atoms with E-state index in [9.17, 15) is 5.11 Å². The maximum atomic E-state index is 9.65. The van der Waals surface area contributed by atoms with Crippen molar-refractivity contribution in [3.05, 3.63) is 48.2 Å². The molecule has 1 unspecified atom stereocenters. The number of phenolic OH excluding ortho intramolecular Hbond substituents is 1. The second-order valence-corrected chi connectivity index (χ2v) is 4.97. The van der Waals surface area contributed by atoms with Crippen molar-refractivity contribution >= 4 is 16.6 Å². The Kier molecular flexibility index (Phi) is 3.39. The van der Waals surface area contributed by atoms with Crippen LogP contribution in [0, 0.1) is 0 Å². The predicted octanol–water partition coefficient (Wildman–Crippen LogP) is 3.45. The van der Waals surface area contributed by atoms with Crippen LogP contribution in [0.5, 0.6) is 11.5 Å². The maximum Gasteiger partial charge on any atom is 0.160 e. The molecule has 0 spiro atoms. The van der Waals surface area contributed by atoms with Crippen molar-refractivity contribution in [3.8, 4) is 11.5 Å². The van der Waals surface area contributed by atoms with E-state index in [0.29, 0.717) is 5.75 Å². The van der Waals surface area contributed by atoms with E-state index in [-0.39, 0.29) is 11.8 Å². The highest BCUT2D eigenvalue weighted by Crippen LogP contribution is 2.30. The number of nitrogens with zero attached hydrogens (tertiary/aromatic N) is 1. The summed E-state index contributed by atoms with van der Waals surface area (Å²) in [4.78, 5) is 0. The first-order valence-corrected chi connectivity index (χ1v) is 6.74. The van der Waals surface area contributed by atoms with Gasteiger partial charge in [0.25, 0.3) is 0 Å². The standard InChI is InChI=1S/C16H17N3O2/c1-10(11-3-6-15(20)16(8-11)21-2)18-13-4-5-14-12(7-13)9-17-19-14/h3-10,18,20H,1-2H3,(H,17,19). The Morgan fingerprint density at radius 3 is 2.90 bits per heavy atom. The predicted molar refractivity (Wildman–Crippen MR) is 82.8 cm³/mol. The van der Waals surface area contributed by atoms with Crippen LogP contribution in [0.1, 0.15) is 18.5 Å². The van der Waals surface area contributed by atoms with Gasteiger partial charge in [-0.25, -0.2) is 0 Å². The zero-order valence-electron chi connectivity index (χ0n) is 11.9. The number of phenols is 1. The molecule has 1 atom stereocenters. The third kappa shape index (κ3) is 2.63. The summed E-state index contributed by atoms with van der Waals surface area (Å²) >= 11 is 0. The van der Waals surface area contributed by atoms with Gasteiger partial charge in [-0.05, 0) is 42.8 Å². The van der Waals surface area contributed by atoms with E-state index < -0.39 is 0 Å². The van der Waals surface area contributed by atoms with Crippen molar-refractivity contribution in [2.75, 3.05) is 12.4 Å². The van der Waals surface area contributed by atoms with E-state index in [1.54, 1.807) is 19.4 Å². The fourth-order valence-electron chi connectivity index (χ4n) is 2.33. The molecule has 1 heterocycles. The first kappa shape index (κ1) is 13.3. The summed E-state index contributed by atoms with van der Waals surface area (Å²) in [5.74, 6) is 0.625. The molecule has 0 aliphatic rings. The van der Waals surface area contributed by atoms with Crippen LogP contribution in [0.3, 0.4) is 0 Å². The number of rotatable bonds is 4. The zero-order valence-corrected chi connectivity index (χ0v) is 11.9. The number of nitrogens with one attached hydrogen (secondary N) is 2. The summed E-state index contributed by atoms with van der Waals surface area (Å²) in [5, 5.41) is 21.1. The lowest BCUT2D eigenvalue weighted by Gasteiger charge is -2.17. The Balaban J connectivity index is 1.83. The Hall–Kier alpha value is -2.69. The van der Waals surface area contributed by atoms with Crippen LogP contribution in [-0.2, 0) is 0 Å². The molecule has 0 saturated heterocycles. The van der Waals surface area contributed by atoms with Crippen LogP contribution in [0.15, 0.2) is 42.6 Å². The van der Waals surface area contributed by atoms with Gasteiger partial charge in [-0.3, -0.25) is 5.10 Å². The molecule has 5 heteroatoms. The van der Waals surface area contributed by atoms with E-state index >= 15 is 0 Å². The van der Waals surface area contributed by atoms with Gasteiger partial charge < -0.3 is 15.2 Å². The molecule has 0 aliphatic carbocycles. The molecule has 1 aromatic heterocycles. The topological polar surface area (TPSA) is 70.2 Å². The number of anilines is 1. The molecule has 2 aromatic carbocycles. The van der Waals surface area contributed by atoms with Crippen LogP contribution in [0.25, 0.3) is 10.9 Å². The highest BCUT2D eigenvalue weighted by Gasteiger charge is 2.09. The second kappa shape index (κ2) is 5.36. The SMILES string of the molecule is COc1cc(C(C)Nc2ccc3[nH]ncc3c2)ccc1O. The van der Waals surface area contributed by atoms with Crippen molar-refractivity contribution < 1.29 is 9.84 Å². The third-order valence-electron chi connectivity index (χ3n) is 3.53. The normalized spacial score (nSPS) is 12.3. The average molecular weight is 283 g/mol. The number of hydrogen-bond acceptors (Lipinski definition) is 4. The van der Waals surface area contributed by atoms with Crippen LogP contribution in [0.2, 0.25) is 0 Å². The monoisotopic (exact) mass is 283 g/mol. The van der Waals surface area contributed by atoms with Gasteiger partial charge in [0.15, 0.2) is 11.5 Å². The van der Waals surface area contributed by atoms with Gasteiger partial charge in [0.05, 0.1) is 18.8 Å². The quantitative estimate of drug-likeness (QED) is 0.686. The maximum absolute atomic E-state index is 9.65. The summed E-state index contributed by atoms with van der Waals surface area (Å²) in [6.45, 7) is 2.06. The van der Waals surface area contributed by atoms with Crippen molar-refractivity contribution in [3.63, 3.8) is 0 Å². The van der Waals surface area contributed by atoms with E-state index in [0.717, 1.165) is 22.2 Å². The summed E-state index contributed by atoms with van der Waals surface area (Å²) in [5.41, 5.74) is 3.07. The lowest BCUT2D eigenvalue weighted by molar-refractivity contribution is 0.373. The molecular formula is C16H17N3O2. The summed E-state index contributed by atoms with van der Waals surface area (Å²) in [6.07, 6.45) is 1.80. The molecule has 0 saturated carbocycles. The Labute approximate surface area is 122 Å². The number of benzene rings is 2. The Bertz CT molecular complexity index is 767. The lowest BCUT2D eigenvalue weighted by Crippen LogP contribution is -2.06. The first-order chi connectivity index (χ1) is 10.2. The Morgan fingerprint density at radius 1 is 1.24 bits per heavy atom. The van der Waals surface area contributed by atoms with Gasteiger partial charge in [0, 0.05) is 17.1 Å². The lowest BCUT2D eigenvalue weighted by atomic mass is 10.1. The first-order valence-electron chi connectivity index (χ1n) is 6.74.